The molecule has 0 rings (SSSR count). The molecule has 0 amide bonds. The monoisotopic (exact) mass is 142 g/mol. The van der Waals surface area contributed by atoms with E-state index in [0.717, 1.165) is 0 Å². The molecule has 6 heavy (non-hydrogen) atoms. The standard InChI is InChI=1S/Ca.H3O4P.H2.2H/c;1-5(2,3)4;;;/h;(H3,1,2,3,4);1H;;. The Balaban J connectivity index is -0.0000000800. The van der Waals surface area contributed by atoms with Crippen LogP contribution in [0.3, 0.4) is 0 Å². The molecule has 0 aliphatic rings. The molecule has 0 spiro atoms. The minimum Gasteiger partial charge on any atom is 0 e. The van der Waals surface area contributed by atoms with Crippen molar-refractivity contribution < 1.29 is 20.7 Å². The van der Waals surface area contributed by atoms with Crippen molar-refractivity contribution in [1.29, 1.82) is 0 Å². The number of hydrogen-bond acceptors (Lipinski definition) is 1. The Kier molecular flexibility index (Phi) is 5.84. The van der Waals surface area contributed by atoms with Crippen LogP contribution >= 0.6 is 7.82 Å². The van der Waals surface area contributed by atoms with Crippen LogP contribution in [-0.4, -0.2) is 52.4 Å². The topological polar surface area (TPSA) is 77.8 Å². The smallest absolute Gasteiger partial charge is 0 e. The van der Waals surface area contributed by atoms with Gasteiger partial charge in [-0.05, 0) is 0 Å². The van der Waals surface area contributed by atoms with E-state index >= 15 is 0 Å². The molecule has 0 aromatic rings. The summed E-state index contributed by atoms with van der Waals surface area (Å²) in [5.74, 6) is 0. The van der Waals surface area contributed by atoms with Gasteiger partial charge >= 0.3 is 45.6 Å². The molecule has 0 radical (unpaired) electrons. The largest absolute Gasteiger partial charge is 0 e. The van der Waals surface area contributed by atoms with Crippen molar-refractivity contribution in [2.75, 3.05) is 0 Å². The van der Waals surface area contributed by atoms with Crippen molar-refractivity contribution in [2.24, 2.45) is 0 Å². The second-order valence-corrected chi connectivity index (χ2v) is 1.54. The Morgan fingerprint density at radius 2 is 1.33 bits per heavy atom. The average Bonchev–Trinajstić information content (AvgIpc) is 0.722. The first-order valence-electron chi connectivity index (χ1n) is 0.783. The van der Waals surface area contributed by atoms with Gasteiger partial charge in [-0.25, -0.2) is 4.57 Å². The molecule has 0 aliphatic carbocycles. The Hall–Kier alpha value is 1.37. The number of phosphoric acid groups is 1. The molecule has 0 unspecified atom stereocenters. The second-order valence-electron chi connectivity index (χ2n) is 0.513. The van der Waals surface area contributed by atoms with Gasteiger partial charge in [-0.2, -0.15) is 0 Å². The van der Waals surface area contributed by atoms with Crippen molar-refractivity contribution in [2.45, 2.75) is 0 Å². The van der Waals surface area contributed by atoms with Crippen LogP contribution in [0.4, 0.5) is 0 Å². The Bertz CT molecular complexity index is 57.8. The summed E-state index contributed by atoms with van der Waals surface area (Å²) in [6.07, 6.45) is 0. The van der Waals surface area contributed by atoms with Crippen LogP contribution in [-0.2, 0) is 4.57 Å². The third-order valence-electron chi connectivity index (χ3n) is 0. The zero-order chi connectivity index (χ0) is 4.50. The maximum absolute atomic E-state index is 8.88. The molecular weight excluding hydrogens is 135 g/mol. The van der Waals surface area contributed by atoms with Gasteiger partial charge in [0.05, 0.1) is 0 Å². The first kappa shape index (κ1) is 10.4. The number of hydrogen-bond donors (Lipinski definition) is 3. The van der Waals surface area contributed by atoms with E-state index in [4.69, 9.17) is 19.2 Å². The van der Waals surface area contributed by atoms with Gasteiger partial charge in [-0.1, -0.05) is 0 Å². The Morgan fingerprint density at radius 1 is 1.33 bits per heavy atom. The van der Waals surface area contributed by atoms with Gasteiger partial charge in [-0.3, -0.25) is 0 Å². The van der Waals surface area contributed by atoms with Gasteiger partial charge in [0.25, 0.3) is 0 Å². The van der Waals surface area contributed by atoms with Gasteiger partial charge in [0, 0.05) is 1.43 Å². The van der Waals surface area contributed by atoms with Gasteiger partial charge in [0.2, 0.25) is 0 Å². The summed E-state index contributed by atoms with van der Waals surface area (Å²) in [6, 6.07) is 0. The maximum atomic E-state index is 8.88. The van der Waals surface area contributed by atoms with Crippen molar-refractivity contribution in [3.05, 3.63) is 0 Å². The summed E-state index contributed by atoms with van der Waals surface area (Å²) in [5, 5.41) is 0. The molecule has 0 saturated carbocycles. The molecule has 0 aromatic heterocycles. The van der Waals surface area contributed by atoms with Crippen LogP contribution in [0.2, 0.25) is 0 Å². The van der Waals surface area contributed by atoms with Crippen LogP contribution < -0.4 is 0 Å². The Morgan fingerprint density at radius 3 is 1.33 bits per heavy atom. The zero-order valence-electron chi connectivity index (χ0n) is 2.20. The molecule has 3 N–H and O–H groups in total. The first-order valence-corrected chi connectivity index (χ1v) is 2.35. The fourth-order valence-corrected chi connectivity index (χ4v) is 0. The predicted molar refractivity (Wildman–Crippen MR) is 24.9 cm³/mol. The summed E-state index contributed by atoms with van der Waals surface area (Å²) in [4.78, 5) is 21.6. The number of rotatable bonds is 0. The van der Waals surface area contributed by atoms with E-state index in [9.17, 15) is 0 Å². The van der Waals surface area contributed by atoms with E-state index in [1.807, 2.05) is 0 Å². The molecule has 4 nitrogen and oxygen atoms in total. The summed E-state index contributed by atoms with van der Waals surface area (Å²) in [6.45, 7) is 0. The summed E-state index contributed by atoms with van der Waals surface area (Å²) in [7, 11) is -4.64. The molecule has 6 heteroatoms. The quantitative estimate of drug-likeness (QED) is 0.281. The van der Waals surface area contributed by atoms with E-state index in [1.165, 1.54) is 0 Å². The van der Waals surface area contributed by atoms with E-state index in [0.29, 0.717) is 0 Å². The normalized spacial score (nSPS) is 9.83. The minimum absolute atomic E-state index is 0. The average molecular weight is 142 g/mol. The van der Waals surface area contributed by atoms with Crippen LogP contribution in [0, 0.1) is 0 Å². The van der Waals surface area contributed by atoms with Crippen molar-refractivity contribution in [3.63, 3.8) is 0 Å². The molecular formula is H7CaO4P. The fourth-order valence-electron chi connectivity index (χ4n) is 0. The molecule has 0 atom stereocenters. The third kappa shape index (κ3) is 54.6. The second kappa shape index (κ2) is 3.38. The van der Waals surface area contributed by atoms with E-state index in [2.05, 4.69) is 0 Å². The molecule has 0 bridgehead atoms. The van der Waals surface area contributed by atoms with Gasteiger partial charge in [0.15, 0.2) is 0 Å². The van der Waals surface area contributed by atoms with Crippen LogP contribution in [0.5, 0.6) is 0 Å². The van der Waals surface area contributed by atoms with Gasteiger partial charge in [-0.15, -0.1) is 0 Å². The summed E-state index contributed by atoms with van der Waals surface area (Å²) < 4.78 is 8.88. The predicted octanol–water partition coefficient (Wildman–Crippen LogP) is -1.60. The van der Waals surface area contributed by atoms with Crippen LogP contribution in [0.15, 0.2) is 0 Å². The first-order chi connectivity index (χ1) is 2.00. The third-order valence-corrected chi connectivity index (χ3v) is 0. The van der Waals surface area contributed by atoms with Crippen molar-refractivity contribution in [1.82, 2.24) is 0 Å². The molecule has 38 valence electrons. The van der Waals surface area contributed by atoms with Crippen molar-refractivity contribution in [3.8, 4) is 0 Å². The molecule has 0 aromatic carbocycles. The molecule has 0 heterocycles. The fraction of sp³-hybridized carbons (Fsp3) is 0. The minimum atomic E-state index is -4.64. The molecule has 0 aliphatic heterocycles. The van der Waals surface area contributed by atoms with Crippen LogP contribution in [0.25, 0.3) is 0 Å². The summed E-state index contributed by atoms with van der Waals surface area (Å²) >= 11 is 0. The maximum Gasteiger partial charge on any atom is 0 e. The molecule has 0 saturated heterocycles. The molecule has 0 fully saturated rings. The van der Waals surface area contributed by atoms with E-state index in [-0.39, 0.29) is 39.2 Å². The van der Waals surface area contributed by atoms with E-state index in [1.54, 1.807) is 0 Å². The van der Waals surface area contributed by atoms with E-state index < -0.39 is 7.82 Å². The van der Waals surface area contributed by atoms with Gasteiger partial charge in [0.1, 0.15) is 0 Å². The van der Waals surface area contributed by atoms with Crippen molar-refractivity contribution >= 4 is 45.6 Å². The summed E-state index contributed by atoms with van der Waals surface area (Å²) in [5.41, 5.74) is 0. The Labute approximate surface area is 65.9 Å². The SMILES string of the molecule is O=P(O)(O)O.[CaH2].[HH]. The van der Waals surface area contributed by atoms with Gasteiger partial charge < -0.3 is 14.7 Å². The van der Waals surface area contributed by atoms with Crippen LogP contribution in [0.1, 0.15) is 1.43 Å². The zero-order valence-corrected chi connectivity index (χ0v) is 3.09.